The lowest BCUT2D eigenvalue weighted by molar-refractivity contribution is 0.102. The van der Waals surface area contributed by atoms with Crippen LogP contribution in [0.1, 0.15) is 15.9 Å². The van der Waals surface area contributed by atoms with Gasteiger partial charge in [-0.3, -0.25) is 15.1 Å². The maximum absolute atomic E-state index is 12.2. The van der Waals surface area contributed by atoms with E-state index in [9.17, 15) is 4.79 Å². The van der Waals surface area contributed by atoms with E-state index in [1.807, 2.05) is 17.5 Å². The second-order valence-electron chi connectivity index (χ2n) is 5.31. The second kappa shape index (κ2) is 5.86. The first-order valence-corrected chi connectivity index (χ1v) is 8.21. The summed E-state index contributed by atoms with van der Waals surface area (Å²) in [5.74, 6) is 0.0320. The smallest absolute Gasteiger partial charge is 0.258 e. The van der Waals surface area contributed by atoms with Gasteiger partial charge in [-0.05, 0) is 19.1 Å². The molecule has 3 heterocycles. The minimum Gasteiger partial charge on any atom is -0.289 e. The average molecular weight is 335 g/mol. The van der Waals surface area contributed by atoms with Crippen molar-refractivity contribution in [3.63, 3.8) is 0 Å². The molecule has 0 aliphatic heterocycles. The van der Waals surface area contributed by atoms with Crippen molar-refractivity contribution in [3.05, 3.63) is 65.3 Å². The Morgan fingerprint density at radius 2 is 1.88 bits per heavy atom. The summed E-state index contributed by atoms with van der Waals surface area (Å²) < 4.78 is 1.75. The molecule has 0 spiro atoms. The molecule has 0 aliphatic rings. The van der Waals surface area contributed by atoms with Crippen LogP contribution in [0, 0.1) is 6.92 Å². The van der Waals surface area contributed by atoms with E-state index in [1.165, 1.54) is 16.9 Å². The molecule has 1 amide bonds. The first kappa shape index (κ1) is 14.5. The number of hydrogen-bond acceptors (Lipinski definition) is 5. The fourth-order valence-electron chi connectivity index (χ4n) is 2.33. The summed E-state index contributed by atoms with van der Waals surface area (Å²) in [5.41, 5.74) is 3.73. The third-order valence-electron chi connectivity index (χ3n) is 3.60. The molecule has 0 unspecified atom stereocenters. The van der Waals surface area contributed by atoms with Gasteiger partial charge in [0.25, 0.3) is 11.9 Å². The SMILES string of the molecule is Cc1ccc(-c2csc3nc(NC(=O)c4ccncc4)nn23)cc1. The van der Waals surface area contributed by atoms with Gasteiger partial charge in [0.1, 0.15) is 0 Å². The Morgan fingerprint density at radius 3 is 2.62 bits per heavy atom. The van der Waals surface area contributed by atoms with Crippen LogP contribution in [-0.2, 0) is 0 Å². The Balaban J connectivity index is 1.65. The number of carbonyl (C=O) groups excluding carboxylic acids is 1. The average Bonchev–Trinajstić information content (AvgIpc) is 3.16. The summed E-state index contributed by atoms with van der Waals surface area (Å²) >= 11 is 1.48. The molecule has 118 valence electrons. The molecule has 0 bridgehead atoms. The van der Waals surface area contributed by atoms with Gasteiger partial charge in [-0.25, -0.2) is 4.52 Å². The van der Waals surface area contributed by atoms with E-state index in [-0.39, 0.29) is 11.9 Å². The van der Waals surface area contributed by atoms with Crippen LogP contribution in [0.3, 0.4) is 0 Å². The normalized spacial score (nSPS) is 10.9. The van der Waals surface area contributed by atoms with Crippen LogP contribution in [-0.4, -0.2) is 25.5 Å². The van der Waals surface area contributed by atoms with E-state index < -0.39 is 0 Å². The summed E-state index contributed by atoms with van der Waals surface area (Å²) in [7, 11) is 0. The minimum atomic E-state index is -0.257. The molecule has 3 aromatic heterocycles. The predicted octanol–water partition coefficient (Wildman–Crippen LogP) is 3.41. The zero-order valence-corrected chi connectivity index (χ0v) is 13.6. The molecule has 6 nitrogen and oxygen atoms in total. The number of carbonyl (C=O) groups is 1. The van der Waals surface area contributed by atoms with E-state index in [1.54, 1.807) is 29.0 Å². The molecule has 0 atom stereocenters. The number of benzene rings is 1. The van der Waals surface area contributed by atoms with Gasteiger partial charge in [-0.2, -0.15) is 4.98 Å². The topological polar surface area (TPSA) is 72.2 Å². The molecular weight excluding hydrogens is 322 g/mol. The van der Waals surface area contributed by atoms with Crippen molar-refractivity contribution in [2.45, 2.75) is 6.92 Å². The van der Waals surface area contributed by atoms with Crippen LogP contribution in [0.2, 0.25) is 0 Å². The van der Waals surface area contributed by atoms with Gasteiger partial charge >= 0.3 is 0 Å². The van der Waals surface area contributed by atoms with Gasteiger partial charge in [0.05, 0.1) is 5.69 Å². The third kappa shape index (κ3) is 2.65. The van der Waals surface area contributed by atoms with Gasteiger partial charge < -0.3 is 0 Å². The first-order chi connectivity index (χ1) is 11.7. The quantitative estimate of drug-likeness (QED) is 0.623. The fourth-order valence-corrected chi connectivity index (χ4v) is 3.17. The molecule has 7 heteroatoms. The lowest BCUT2D eigenvalue weighted by Crippen LogP contribution is -2.13. The van der Waals surface area contributed by atoms with Gasteiger partial charge in [-0.1, -0.05) is 29.8 Å². The zero-order valence-electron chi connectivity index (χ0n) is 12.8. The zero-order chi connectivity index (χ0) is 16.5. The molecule has 4 aromatic rings. The number of thiazole rings is 1. The van der Waals surface area contributed by atoms with Crippen LogP contribution < -0.4 is 5.32 Å². The number of nitrogens with zero attached hydrogens (tertiary/aromatic N) is 4. The van der Waals surface area contributed by atoms with Crippen molar-refractivity contribution in [1.82, 2.24) is 19.6 Å². The lowest BCUT2D eigenvalue weighted by Gasteiger charge is -2.00. The highest BCUT2D eigenvalue weighted by molar-refractivity contribution is 7.15. The fraction of sp³-hybridized carbons (Fsp3) is 0.0588. The van der Waals surface area contributed by atoms with E-state index in [2.05, 4.69) is 39.4 Å². The standard InChI is InChI=1S/C17H13N5OS/c1-11-2-4-12(5-3-11)14-10-24-17-20-16(21-22(14)17)19-15(23)13-6-8-18-9-7-13/h2-10H,1H3,(H,19,21,23). The van der Waals surface area contributed by atoms with Gasteiger partial charge in [0.15, 0.2) is 0 Å². The van der Waals surface area contributed by atoms with Gasteiger partial charge in [0, 0.05) is 28.9 Å². The molecule has 0 radical (unpaired) electrons. The first-order valence-electron chi connectivity index (χ1n) is 7.33. The molecule has 0 aliphatic carbocycles. The number of aryl methyl sites for hydroxylation is 1. The maximum Gasteiger partial charge on any atom is 0.258 e. The number of hydrogen-bond donors (Lipinski definition) is 1. The third-order valence-corrected chi connectivity index (χ3v) is 4.41. The molecule has 4 rings (SSSR count). The van der Waals surface area contributed by atoms with E-state index in [0.29, 0.717) is 5.56 Å². The van der Waals surface area contributed by atoms with Crippen LogP contribution in [0.4, 0.5) is 5.95 Å². The number of nitrogens with one attached hydrogen (secondary N) is 1. The molecular formula is C17H13N5OS. The molecule has 0 saturated heterocycles. The Hall–Kier alpha value is -3.06. The Labute approximate surface area is 141 Å². The van der Waals surface area contributed by atoms with Crippen molar-refractivity contribution in [2.24, 2.45) is 0 Å². The van der Waals surface area contributed by atoms with Crippen molar-refractivity contribution in [3.8, 4) is 11.3 Å². The summed E-state index contributed by atoms with van der Waals surface area (Å²) in [5, 5.41) is 9.13. The molecule has 1 aromatic carbocycles. The predicted molar refractivity (Wildman–Crippen MR) is 93.2 cm³/mol. The Bertz CT molecular complexity index is 1000. The molecule has 0 fully saturated rings. The summed E-state index contributed by atoms with van der Waals surface area (Å²) in [6, 6.07) is 11.5. The van der Waals surface area contributed by atoms with Gasteiger partial charge in [-0.15, -0.1) is 16.4 Å². The maximum atomic E-state index is 12.2. The van der Waals surface area contributed by atoms with Crippen molar-refractivity contribution < 1.29 is 4.79 Å². The number of amides is 1. The summed E-state index contributed by atoms with van der Waals surface area (Å²) in [4.78, 5) is 21.2. The number of pyridine rings is 1. The monoisotopic (exact) mass is 335 g/mol. The van der Waals surface area contributed by atoms with E-state index in [4.69, 9.17) is 0 Å². The van der Waals surface area contributed by atoms with Crippen LogP contribution in [0.5, 0.6) is 0 Å². The van der Waals surface area contributed by atoms with Crippen molar-refractivity contribution in [1.29, 1.82) is 0 Å². The van der Waals surface area contributed by atoms with Crippen molar-refractivity contribution >= 4 is 28.2 Å². The van der Waals surface area contributed by atoms with Crippen LogP contribution >= 0.6 is 11.3 Å². The number of anilines is 1. The number of aromatic nitrogens is 4. The highest BCUT2D eigenvalue weighted by Gasteiger charge is 2.14. The van der Waals surface area contributed by atoms with Crippen molar-refractivity contribution in [2.75, 3.05) is 5.32 Å². The highest BCUT2D eigenvalue weighted by Crippen LogP contribution is 2.26. The van der Waals surface area contributed by atoms with Gasteiger partial charge in [0.2, 0.25) is 4.96 Å². The lowest BCUT2D eigenvalue weighted by atomic mass is 10.1. The summed E-state index contributed by atoms with van der Waals surface area (Å²) in [6.07, 6.45) is 3.15. The van der Waals surface area contributed by atoms with E-state index in [0.717, 1.165) is 16.2 Å². The molecule has 0 saturated carbocycles. The second-order valence-corrected chi connectivity index (χ2v) is 6.14. The highest BCUT2D eigenvalue weighted by atomic mass is 32.1. The molecule has 24 heavy (non-hydrogen) atoms. The number of rotatable bonds is 3. The Morgan fingerprint density at radius 1 is 1.12 bits per heavy atom. The van der Waals surface area contributed by atoms with E-state index >= 15 is 0 Å². The molecule has 1 N–H and O–H groups in total. The van der Waals surface area contributed by atoms with Crippen LogP contribution in [0.15, 0.2) is 54.2 Å². The minimum absolute atomic E-state index is 0.257. The summed E-state index contributed by atoms with van der Waals surface area (Å²) in [6.45, 7) is 2.05. The largest absolute Gasteiger partial charge is 0.289 e. The Kier molecular flexibility index (Phi) is 3.55. The van der Waals surface area contributed by atoms with Crippen LogP contribution in [0.25, 0.3) is 16.2 Å². The number of fused-ring (bicyclic) bond motifs is 1.